The van der Waals surface area contributed by atoms with Crippen LogP contribution < -0.4 is 0 Å². The molecule has 2 aliphatic rings. The van der Waals surface area contributed by atoms with Gasteiger partial charge in [-0.1, -0.05) is 12.2 Å². The lowest BCUT2D eigenvalue weighted by Gasteiger charge is -2.27. The number of nitrogens with zero attached hydrogens (tertiary/aromatic N) is 1. The summed E-state index contributed by atoms with van der Waals surface area (Å²) in [5.41, 5.74) is -0.297. The van der Waals surface area contributed by atoms with Gasteiger partial charge in [0.25, 0.3) is 0 Å². The third kappa shape index (κ3) is 2.21. The Morgan fingerprint density at radius 2 is 2.00 bits per heavy atom. The maximum atomic E-state index is 12.1. The summed E-state index contributed by atoms with van der Waals surface area (Å²) < 4.78 is 5.32. The summed E-state index contributed by atoms with van der Waals surface area (Å²) in [6.07, 6.45) is 6.13. The van der Waals surface area contributed by atoms with Crippen molar-refractivity contribution in [3.05, 3.63) is 17.8 Å². The van der Waals surface area contributed by atoms with Gasteiger partial charge < -0.3 is 4.74 Å². The van der Waals surface area contributed by atoms with E-state index < -0.39 is 11.7 Å². The molecule has 98 valence electrons. The van der Waals surface area contributed by atoms with E-state index in [1.807, 2.05) is 26.7 Å². The zero-order valence-corrected chi connectivity index (χ0v) is 11.2. The minimum atomic E-state index is -0.547. The van der Waals surface area contributed by atoms with Crippen LogP contribution >= 0.6 is 0 Å². The number of likely N-dealkylation sites (tertiary alicyclic amines) is 1. The summed E-state index contributed by atoms with van der Waals surface area (Å²) >= 11 is 0. The zero-order chi connectivity index (χ0) is 13.4. The molecule has 0 radical (unpaired) electrons. The summed E-state index contributed by atoms with van der Waals surface area (Å²) in [5.74, 6) is 1.97. The summed E-state index contributed by atoms with van der Waals surface area (Å²) in [5, 5.41) is 0. The van der Waals surface area contributed by atoms with Gasteiger partial charge in [-0.3, -0.25) is 4.90 Å². The summed E-state index contributed by atoms with van der Waals surface area (Å²) in [4.78, 5) is 24.7. The average Bonchev–Trinajstić information content (AvgIpc) is 2.84. The highest BCUT2D eigenvalue weighted by molar-refractivity contribution is 5.76. The van der Waals surface area contributed by atoms with Crippen LogP contribution in [0.25, 0.3) is 0 Å². The number of ether oxygens (including phenoxy) is 1. The molecule has 1 aliphatic carbocycles. The van der Waals surface area contributed by atoms with Crippen molar-refractivity contribution in [2.45, 2.75) is 45.6 Å². The Morgan fingerprint density at radius 1 is 1.39 bits per heavy atom. The van der Waals surface area contributed by atoms with Gasteiger partial charge in [0, 0.05) is 12.0 Å². The molecule has 1 saturated heterocycles. The smallest absolute Gasteiger partial charge is 0.415 e. The average molecular weight is 249 g/mol. The fourth-order valence-corrected chi connectivity index (χ4v) is 2.60. The molecule has 2 rings (SSSR count). The Kier molecular flexibility index (Phi) is 3.07. The van der Waals surface area contributed by atoms with Crippen LogP contribution in [0.5, 0.6) is 0 Å². The molecule has 0 aromatic heterocycles. The van der Waals surface area contributed by atoms with Gasteiger partial charge in [-0.15, -0.1) is 0 Å². The van der Waals surface area contributed by atoms with Crippen molar-refractivity contribution in [1.82, 2.24) is 4.90 Å². The molecule has 0 N–H and O–H groups in total. The minimum absolute atomic E-state index is 0.210. The van der Waals surface area contributed by atoms with Crippen LogP contribution in [-0.4, -0.2) is 29.1 Å². The number of rotatable bonds is 0. The van der Waals surface area contributed by atoms with Crippen molar-refractivity contribution in [3.63, 3.8) is 0 Å². The molecule has 0 saturated carbocycles. The Bertz CT molecular complexity index is 430. The second-order valence-electron chi connectivity index (χ2n) is 5.99. The first-order valence-corrected chi connectivity index (χ1v) is 6.29. The molecule has 4 heteroatoms. The third-order valence-corrected chi connectivity index (χ3v) is 3.48. The molecular formula is C14H19NO3. The molecule has 18 heavy (non-hydrogen) atoms. The predicted octanol–water partition coefficient (Wildman–Crippen LogP) is 2.68. The maximum Gasteiger partial charge on any atom is 0.415 e. The first-order chi connectivity index (χ1) is 8.38. The highest BCUT2D eigenvalue weighted by atomic mass is 16.6. The molecule has 1 aliphatic heterocycles. The standard InChI is InChI=1S/C14H19NO3/c1-13(2,3)18-12(17)15-9-8-14(11(15)10-16)6-4-5-7-14/h4-5H,6-9H2,1-3H3. The van der Waals surface area contributed by atoms with Crippen molar-refractivity contribution in [3.8, 4) is 0 Å². The molecular weight excluding hydrogens is 230 g/mol. The second-order valence-corrected chi connectivity index (χ2v) is 5.99. The Morgan fingerprint density at radius 3 is 2.50 bits per heavy atom. The maximum absolute atomic E-state index is 12.1. The first-order valence-electron chi connectivity index (χ1n) is 6.29. The van der Waals surface area contributed by atoms with E-state index in [-0.39, 0.29) is 5.41 Å². The van der Waals surface area contributed by atoms with Crippen LogP contribution in [0.3, 0.4) is 0 Å². The van der Waals surface area contributed by atoms with Gasteiger partial charge in [-0.25, -0.2) is 9.59 Å². The highest BCUT2D eigenvalue weighted by Gasteiger charge is 2.47. The largest absolute Gasteiger partial charge is 0.443 e. The molecule has 0 aromatic rings. The fraction of sp³-hybridized carbons (Fsp3) is 0.643. The normalized spacial score (nSPS) is 21.5. The van der Waals surface area contributed by atoms with E-state index in [1.54, 1.807) is 0 Å². The van der Waals surface area contributed by atoms with E-state index in [1.165, 1.54) is 4.90 Å². The number of carbonyl (C=O) groups is 1. The zero-order valence-electron chi connectivity index (χ0n) is 11.2. The molecule has 1 spiro atoms. The lowest BCUT2D eigenvalue weighted by Crippen LogP contribution is -2.35. The van der Waals surface area contributed by atoms with Crippen LogP contribution in [-0.2, 0) is 9.53 Å². The van der Waals surface area contributed by atoms with Gasteiger partial charge in [-0.2, -0.15) is 0 Å². The van der Waals surface area contributed by atoms with Crippen LogP contribution in [0.1, 0.15) is 40.0 Å². The molecule has 4 nitrogen and oxygen atoms in total. The number of hydrogen-bond donors (Lipinski definition) is 0. The second kappa shape index (κ2) is 4.29. The van der Waals surface area contributed by atoms with Gasteiger partial charge in [0.05, 0.1) is 0 Å². The molecule has 1 amide bonds. The first kappa shape index (κ1) is 12.9. The van der Waals surface area contributed by atoms with E-state index in [9.17, 15) is 9.59 Å². The van der Waals surface area contributed by atoms with E-state index in [0.717, 1.165) is 19.3 Å². The molecule has 1 heterocycles. The van der Waals surface area contributed by atoms with Crippen LogP contribution in [0.2, 0.25) is 0 Å². The van der Waals surface area contributed by atoms with Crippen molar-refractivity contribution in [1.29, 1.82) is 0 Å². The predicted molar refractivity (Wildman–Crippen MR) is 67.6 cm³/mol. The lowest BCUT2D eigenvalue weighted by molar-refractivity contribution is 0.0334. The van der Waals surface area contributed by atoms with Crippen LogP contribution in [0.4, 0.5) is 4.79 Å². The van der Waals surface area contributed by atoms with Crippen molar-refractivity contribution in [2.75, 3.05) is 6.54 Å². The summed E-state index contributed by atoms with van der Waals surface area (Å²) in [7, 11) is 0. The Hall–Kier alpha value is -1.54. The Balaban J connectivity index is 2.17. The van der Waals surface area contributed by atoms with Crippen molar-refractivity contribution in [2.24, 2.45) is 5.41 Å². The third-order valence-electron chi connectivity index (χ3n) is 3.48. The van der Waals surface area contributed by atoms with Gasteiger partial charge in [0.1, 0.15) is 17.2 Å². The number of hydrogen-bond acceptors (Lipinski definition) is 3. The van der Waals surface area contributed by atoms with Crippen molar-refractivity contribution < 1.29 is 14.3 Å². The van der Waals surface area contributed by atoms with Gasteiger partial charge in [0.2, 0.25) is 0 Å². The Labute approximate surface area is 107 Å². The lowest BCUT2D eigenvalue weighted by atomic mass is 9.82. The monoisotopic (exact) mass is 249 g/mol. The van der Waals surface area contributed by atoms with Crippen LogP contribution in [0, 0.1) is 5.41 Å². The topological polar surface area (TPSA) is 46.6 Å². The summed E-state index contributed by atoms with van der Waals surface area (Å²) in [6, 6.07) is 0. The van der Waals surface area contributed by atoms with Gasteiger partial charge in [0.15, 0.2) is 0 Å². The SMILES string of the molecule is CC(C)(C)OC(=O)N1CCC2(CC=CC2)C1=C=O. The number of amides is 1. The van der Waals surface area contributed by atoms with E-state index in [0.29, 0.717) is 12.2 Å². The van der Waals surface area contributed by atoms with E-state index in [4.69, 9.17) is 4.74 Å². The molecule has 0 unspecified atom stereocenters. The quantitative estimate of drug-likeness (QED) is 0.490. The molecule has 0 bridgehead atoms. The van der Waals surface area contributed by atoms with Crippen LogP contribution in [0.15, 0.2) is 17.8 Å². The number of carbonyl (C=O) groups excluding carboxylic acids is 2. The minimum Gasteiger partial charge on any atom is -0.443 e. The highest BCUT2D eigenvalue weighted by Crippen LogP contribution is 2.48. The fourth-order valence-electron chi connectivity index (χ4n) is 2.60. The summed E-state index contributed by atoms with van der Waals surface area (Å²) in [6.45, 7) is 6.00. The van der Waals surface area contributed by atoms with Gasteiger partial charge in [-0.05, 0) is 40.0 Å². The molecule has 0 atom stereocenters. The van der Waals surface area contributed by atoms with E-state index >= 15 is 0 Å². The van der Waals surface area contributed by atoms with Gasteiger partial charge >= 0.3 is 6.09 Å². The number of allylic oxidation sites excluding steroid dienone is 3. The van der Waals surface area contributed by atoms with Crippen molar-refractivity contribution >= 4 is 12.0 Å². The molecule has 0 aromatic carbocycles. The van der Waals surface area contributed by atoms with E-state index in [2.05, 4.69) is 12.2 Å². The molecule has 1 fully saturated rings.